The Labute approximate surface area is 142 Å². The number of hydrogen-bond acceptors (Lipinski definition) is 4. The summed E-state index contributed by atoms with van der Waals surface area (Å²) in [6.07, 6.45) is 3.23. The highest BCUT2D eigenvalue weighted by atomic mass is 32.2. The molecule has 0 N–H and O–H groups in total. The molecule has 24 heavy (non-hydrogen) atoms. The first-order valence-electron chi connectivity index (χ1n) is 8.36. The highest BCUT2D eigenvalue weighted by molar-refractivity contribution is 7.91. The van der Waals surface area contributed by atoms with Gasteiger partial charge in [-0.15, -0.1) is 0 Å². The molecule has 1 saturated heterocycles. The van der Waals surface area contributed by atoms with E-state index in [1.807, 2.05) is 32.0 Å². The molecule has 130 valence electrons. The summed E-state index contributed by atoms with van der Waals surface area (Å²) in [4.78, 5) is 14.5. The van der Waals surface area contributed by atoms with Crippen LogP contribution >= 0.6 is 0 Å². The fraction of sp³-hybridized carbons (Fsp3) is 0.500. The average Bonchev–Trinajstić information content (AvgIpc) is 3.07. The number of carbonyl (C=O) groups excluding carboxylic acids is 1. The van der Waals surface area contributed by atoms with E-state index in [4.69, 9.17) is 4.42 Å². The zero-order chi connectivity index (χ0) is 17.3. The van der Waals surface area contributed by atoms with E-state index < -0.39 is 9.84 Å². The Morgan fingerprint density at radius 1 is 1.38 bits per heavy atom. The van der Waals surface area contributed by atoms with Crippen LogP contribution in [-0.4, -0.2) is 43.3 Å². The zero-order valence-electron chi connectivity index (χ0n) is 14.1. The normalized spacial score (nSPS) is 19.7. The monoisotopic (exact) mass is 349 g/mol. The summed E-state index contributed by atoms with van der Waals surface area (Å²) in [5.41, 5.74) is 2.75. The van der Waals surface area contributed by atoms with Crippen molar-refractivity contribution in [1.29, 1.82) is 0 Å². The summed E-state index contributed by atoms with van der Waals surface area (Å²) in [6, 6.07) is 5.74. The van der Waals surface area contributed by atoms with E-state index >= 15 is 0 Å². The fourth-order valence-corrected chi connectivity index (χ4v) is 5.10. The maximum absolute atomic E-state index is 12.8. The van der Waals surface area contributed by atoms with Gasteiger partial charge in [0.15, 0.2) is 9.84 Å². The van der Waals surface area contributed by atoms with Crippen molar-refractivity contribution in [3.8, 4) is 0 Å². The number of hydrogen-bond donors (Lipinski definition) is 0. The Morgan fingerprint density at radius 3 is 2.83 bits per heavy atom. The Morgan fingerprint density at radius 2 is 2.17 bits per heavy atom. The van der Waals surface area contributed by atoms with Gasteiger partial charge >= 0.3 is 0 Å². The van der Waals surface area contributed by atoms with E-state index in [0.29, 0.717) is 13.0 Å². The largest absolute Gasteiger partial charge is 0.464 e. The first kappa shape index (κ1) is 17.0. The molecule has 1 amide bonds. The topological polar surface area (TPSA) is 67.6 Å². The molecule has 1 aromatic heterocycles. The lowest BCUT2D eigenvalue weighted by Gasteiger charge is -2.28. The summed E-state index contributed by atoms with van der Waals surface area (Å²) in [5, 5.41) is 0.949. The molecule has 1 aliphatic heterocycles. The van der Waals surface area contributed by atoms with Gasteiger partial charge in [-0.1, -0.05) is 19.1 Å². The van der Waals surface area contributed by atoms with Gasteiger partial charge in [-0.05, 0) is 31.4 Å². The summed E-state index contributed by atoms with van der Waals surface area (Å²) >= 11 is 0. The number of benzene rings is 1. The van der Waals surface area contributed by atoms with Crippen molar-refractivity contribution in [1.82, 2.24) is 4.90 Å². The average molecular weight is 349 g/mol. The molecule has 5 nitrogen and oxygen atoms in total. The quantitative estimate of drug-likeness (QED) is 0.832. The molecule has 2 heterocycles. The third-order valence-electron chi connectivity index (χ3n) is 4.59. The van der Waals surface area contributed by atoms with E-state index in [1.165, 1.54) is 0 Å². The number of amides is 1. The van der Waals surface area contributed by atoms with Crippen molar-refractivity contribution in [2.45, 2.75) is 39.2 Å². The predicted octanol–water partition coefficient (Wildman–Crippen LogP) is 2.71. The molecule has 2 aromatic rings. The van der Waals surface area contributed by atoms with Gasteiger partial charge in [0.25, 0.3) is 0 Å². The van der Waals surface area contributed by atoms with Gasteiger partial charge in [-0.3, -0.25) is 4.79 Å². The van der Waals surface area contributed by atoms with Crippen LogP contribution in [0.3, 0.4) is 0 Å². The smallest absolute Gasteiger partial charge is 0.227 e. The number of furan rings is 1. The SMILES string of the molecule is CCCN(C(=O)Cc1coc2cc(C)ccc12)[C@@H]1CCS(=O)(=O)C1. The Kier molecular flexibility index (Phi) is 4.67. The van der Waals surface area contributed by atoms with E-state index in [2.05, 4.69) is 0 Å². The number of fused-ring (bicyclic) bond motifs is 1. The lowest BCUT2D eigenvalue weighted by Crippen LogP contribution is -2.42. The van der Waals surface area contributed by atoms with Crippen molar-refractivity contribution >= 4 is 26.7 Å². The van der Waals surface area contributed by atoms with Gasteiger partial charge in [0.05, 0.1) is 24.2 Å². The van der Waals surface area contributed by atoms with Crippen molar-refractivity contribution in [3.05, 3.63) is 35.6 Å². The van der Waals surface area contributed by atoms with Crippen LogP contribution in [0.25, 0.3) is 11.0 Å². The van der Waals surface area contributed by atoms with E-state index in [0.717, 1.165) is 28.5 Å². The lowest BCUT2D eigenvalue weighted by molar-refractivity contribution is -0.132. The van der Waals surface area contributed by atoms with Crippen LogP contribution in [-0.2, 0) is 21.1 Å². The van der Waals surface area contributed by atoms with Crippen LogP contribution in [0.15, 0.2) is 28.9 Å². The molecule has 6 heteroatoms. The molecular formula is C18H23NO4S. The van der Waals surface area contributed by atoms with Crippen LogP contribution < -0.4 is 0 Å². The second-order valence-corrected chi connectivity index (χ2v) is 8.81. The highest BCUT2D eigenvalue weighted by Gasteiger charge is 2.34. The van der Waals surface area contributed by atoms with Crippen molar-refractivity contribution in [3.63, 3.8) is 0 Å². The van der Waals surface area contributed by atoms with Crippen LogP contribution in [0, 0.1) is 6.92 Å². The molecule has 1 aromatic carbocycles. The first-order chi connectivity index (χ1) is 11.4. The van der Waals surface area contributed by atoms with Crippen LogP contribution in [0.1, 0.15) is 30.9 Å². The molecule has 1 atom stereocenters. The molecule has 0 unspecified atom stereocenters. The summed E-state index contributed by atoms with van der Waals surface area (Å²) in [5.74, 6) is 0.241. The highest BCUT2D eigenvalue weighted by Crippen LogP contribution is 2.25. The minimum atomic E-state index is -3.01. The summed E-state index contributed by atoms with van der Waals surface area (Å²) in [6.45, 7) is 4.59. The van der Waals surface area contributed by atoms with E-state index in [1.54, 1.807) is 11.2 Å². The molecule has 3 rings (SSSR count). The Bertz CT molecular complexity index is 853. The van der Waals surface area contributed by atoms with Crippen molar-refractivity contribution in [2.75, 3.05) is 18.1 Å². The molecule has 1 aliphatic rings. The van der Waals surface area contributed by atoms with Gasteiger partial charge < -0.3 is 9.32 Å². The summed E-state index contributed by atoms with van der Waals surface area (Å²) < 4.78 is 29.0. The van der Waals surface area contributed by atoms with Gasteiger partial charge in [-0.2, -0.15) is 0 Å². The number of carbonyl (C=O) groups is 1. The molecule has 1 fully saturated rings. The zero-order valence-corrected chi connectivity index (χ0v) is 14.9. The minimum absolute atomic E-state index is 0.0257. The second kappa shape index (κ2) is 6.59. The molecule has 0 radical (unpaired) electrons. The number of nitrogens with zero attached hydrogens (tertiary/aromatic N) is 1. The Balaban J connectivity index is 1.80. The standard InChI is InChI=1S/C18H23NO4S/c1-3-7-19(15-6-8-24(21,22)12-15)18(20)10-14-11-23-17-9-13(2)4-5-16(14)17/h4-5,9,11,15H,3,6-8,10,12H2,1-2H3/t15-/m1/s1. The minimum Gasteiger partial charge on any atom is -0.464 e. The molecule has 0 aliphatic carbocycles. The van der Waals surface area contributed by atoms with Gasteiger partial charge in [0.2, 0.25) is 5.91 Å². The lowest BCUT2D eigenvalue weighted by atomic mass is 10.1. The fourth-order valence-electron chi connectivity index (χ4n) is 3.36. The third kappa shape index (κ3) is 3.48. The van der Waals surface area contributed by atoms with E-state index in [9.17, 15) is 13.2 Å². The maximum atomic E-state index is 12.8. The van der Waals surface area contributed by atoms with E-state index in [-0.39, 0.29) is 29.9 Å². The third-order valence-corrected chi connectivity index (χ3v) is 6.34. The number of sulfone groups is 1. The van der Waals surface area contributed by atoms with Crippen molar-refractivity contribution < 1.29 is 17.6 Å². The first-order valence-corrected chi connectivity index (χ1v) is 10.2. The van der Waals surface area contributed by atoms with Crippen LogP contribution in [0.5, 0.6) is 0 Å². The van der Waals surface area contributed by atoms with Gasteiger partial charge in [0, 0.05) is 23.5 Å². The van der Waals surface area contributed by atoms with Crippen molar-refractivity contribution in [2.24, 2.45) is 0 Å². The predicted molar refractivity (Wildman–Crippen MR) is 93.7 cm³/mol. The Hall–Kier alpha value is -1.82. The number of rotatable bonds is 5. The molecular weight excluding hydrogens is 326 g/mol. The van der Waals surface area contributed by atoms with Gasteiger partial charge in [0.1, 0.15) is 5.58 Å². The van der Waals surface area contributed by atoms with Crippen LogP contribution in [0.2, 0.25) is 0 Å². The molecule has 0 bridgehead atoms. The molecule has 0 saturated carbocycles. The summed E-state index contributed by atoms with van der Waals surface area (Å²) in [7, 11) is -3.01. The maximum Gasteiger partial charge on any atom is 0.227 e. The second-order valence-electron chi connectivity index (χ2n) is 6.58. The molecule has 0 spiro atoms. The van der Waals surface area contributed by atoms with Gasteiger partial charge in [-0.25, -0.2) is 8.42 Å². The number of aryl methyl sites for hydroxylation is 1. The van der Waals surface area contributed by atoms with Crippen LogP contribution in [0.4, 0.5) is 0 Å².